The van der Waals surface area contributed by atoms with Gasteiger partial charge in [-0.25, -0.2) is 9.97 Å². The lowest BCUT2D eigenvalue weighted by Crippen LogP contribution is -2.04. The molecule has 1 heterocycles. The van der Waals surface area contributed by atoms with Crippen LogP contribution in [0.3, 0.4) is 0 Å². The Morgan fingerprint density at radius 2 is 2.13 bits per heavy atom. The van der Waals surface area contributed by atoms with E-state index in [1.165, 1.54) is 18.9 Å². The Kier molecular flexibility index (Phi) is 4.35. The second-order valence-electron chi connectivity index (χ2n) is 2.86. The van der Waals surface area contributed by atoms with Crippen LogP contribution in [-0.4, -0.2) is 28.8 Å². The Morgan fingerprint density at radius 1 is 1.47 bits per heavy atom. The summed E-state index contributed by atoms with van der Waals surface area (Å²) in [7, 11) is 1.36. The lowest BCUT2D eigenvalue weighted by Gasteiger charge is -2.05. The fourth-order valence-corrected chi connectivity index (χ4v) is 2.05. The zero-order valence-corrected chi connectivity index (χ0v) is 10.3. The quantitative estimate of drug-likeness (QED) is 0.464. The molecule has 0 saturated heterocycles. The first-order chi connectivity index (χ1) is 7.04. The van der Waals surface area contributed by atoms with Crippen molar-refractivity contribution in [1.29, 1.82) is 0 Å². The zero-order valence-electron chi connectivity index (χ0n) is 8.70. The van der Waals surface area contributed by atoms with Crippen LogP contribution in [0.25, 0.3) is 0 Å². The summed E-state index contributed by atoms with van der Waals surface area (Å²) < 4.78 is 4.54. The van der Waals surface area contributed by atoms with E-state index in [1.807, 2.05) is 6.92 Å². The van der Waals surface area contributed by atoms with Crippen LogP contribution in [0.5, 0.6) is 0 Å². The highest BCUT2D eigenvalue weighted by Crippen LogP contribution is 2.24. The van der Waals surface area contributed by atoms with Crippen LogP contribution in [-0.2, 0) is 9.53 Å². The maximum absolute atomic E-state index is 10.9. The highest BCUT2D eigenvalue weighted by Gasteiger charge is 2.10. The lowest BCUT2D eigenvalue weighted by molar-refractivity contribution is -0.137. The molecule has 0 amide bonds. The maximum Gasteiger partial charge on any atom is 0.316 e. The van der Waals surface area contributed by atoms with Crippen LogP contribution < -0.4 is 0 Å². The van der Waals surface area contributed by atoms with Crippen molar-refractivity contribution >= 4 is 29.3 Å². The second kappa shape index (κ2) is 5.32. The average Bonchev–Trinajstić information content (AvgIpc) is 2.20. The van der Waals surface area contributed by atoms with Crippen molar-refractivity contribution in [2.75, 3.05) is 12.9 Å². The van der Waals surface area contributed by atoms with Gasteiger partial charge in [-0.05, 0) is 13.8 Å². The first kappa shape index (κ1) is 12.3. The zero-order chi connectivity index (χ0) is 11.4. The Labute approximate surface area is 97.4 Å². The molecule has 0 bridgehead atoms. The van der Waals surface area contributed by atoms with Crippen molar-refractivity contribution in [3.05, 3.63) is 16.5 Å². The fourth-order valence-electron chi connectivity index (χ4n) is 0.897. The number of methoxy groups -OCH3 is 1. The van der Waals surface area contributed by atoms with Gasteiger partial charge in [-0.1, -0.05) is 23.4 Å². The highest BCUT2D eigenvalue weighted by atomic mass is 35.5. The predicted molar refractivity (Wildman–Crippen MR) is 59.3 cm³/mol. The van der Waals surface area contributed by atoms with Crippen molar-refractivity contribution in [3.8, 4) is 0 Å². The van der Waals surface area contributed by atoms with Crippen molar-refractivity contribution in [2.45, 2.75) is 18.9 Å². The van der Waals surface area contributed by atoms with E-state index in [0.717, 1.165) is 10.6 Å². The minimum Gasteiger partial charge on any atom is -0.468 e. The second-order valence-corrected chi connectivity index (χ2v) is 4.18. The van der Waals surface area contributed by atoms with Crippen LogP contribution in [0.15, 0.2) is 5.03 Å². The third-order valence-electron chi connectivity index (χ3n) is 1.71. The summed E-state index contributed by atoms with van der Waals surface area (Å²) in [6, 6.07) is 0. The van der Waals surface area contributed by atoms with Crippen molar-refractivity contribution in [2.24, 2.45) is 0 Å². The third kappa shape index (κ3) is 3.35. The molecule has 0 radical (unpaired) electrons. The maximum atomic E-state index is 10.9. The van der Waals surface area contributed by atoms with Gasteiger partial charge in [0.1, 0.15) is 16.0 Å². The molecule has 0 N–H and O–H groups in total. The van der Waals surface area contributed by atoms with Crippen molar-refractivity contribution in [3.63, 3.8) is 0 Å². The molecule has 0 spiro atoms. The number of rotatable bonds is 3. The van der Waals surface area contributed by atoms with Gasteiger partial charge in [-0.3, -0.25) is 4.79 Å². The largest absolute Gasteiger partial charge is 0.468 e. The van der Waals surface area contributed by atoms with E-state index in [-0.39, 0.29) is 11.7 Å². The number of thioether (sulfide) groups is 1. The van der Waals surface area contributed by atoms with E-state index in [4.69, 9.17) is 11.6 Å². The van der Waals surface area contributed by atoms with Gasteiger partial charge in [0.2, 0.25) is 0 Å². The molecule has 0 fully saturated rings. The number of aromatic nitrogens is 2. The Hall–Kier alpha value is -0.810. The summed E-state index contributed by atoms with van der Waals surface area (Å²) in [5, 5.41) is 1.15. The molecule has 15 heavy (non-hydrogen) atoms. The molecule has 82 valence electrons. The van der Waals surface area contributed by atoms with Crippen molar-refractivity contribution < 1.29 is 9.53 Å². The van der Waals surface area contributed by atoms with Gasteiger partial charge in [0.05, 0.1) is 12.9 Å². The summed E-state index contributed by atoms with van der Waals surface area (Å²) in [6.45, 7) is 3.58. The minimum atomic E-state index is -0.285. The molecular weight excluding hydrogens is 236 g/mol. The standard InChI is InChI=1S/C9H11ClN2O2S/c1-5-8(10)11-6(2)12-9(5)15-4-7(13)14-3/h4H2,1-3H3. The van der Waals surface area contributed by atoms with Gasteiger partial charge >= 0.3 is 5.97 Å². The summed E-state index contributed by atoms with van der Waals surface area (Å²) in [4.78, 5) is 19.2. The number of esters is 1. The highest BCUT2D eigenvalue weighted by molar-refractivity contribution is 7.99. The fraction of sp³-hybridized carbons (Fsp3) is 0.444. The van der Waals surface area contributed by atoms with Crippen LogP contribution in [0, 0.1) is 13.8 Å². The number of ether oxygens (including phenoxy) is 1. The van der Waals surface area contributed by atoms with Gasteiger partial charge in [0, 0.05) is 5.56 Å². The van der Waals surface area contributed by atoms with Crippen LogP contribution in [0.2, 0.25) is 5.15 Å². The van der Waals surface area contributed by atoms with Gasteiger partial charge in [0.25, 0.3) is 0 Å². The molecule has 1 aromatic heterocycles. The molecule has 0 unspecified atom stereocenters. The number of aryl methyl sites for hydroxylation is 1. The van der Waals surface area contributed by atoms with Gasteiger partial charge in [-0.15, -0.1) is 0 Å². The number of carbonyl (C=O) groups excluding carboxylic acids is 1. The SMILES string of the molecule is COC(=O)CSc1nc(C)nc(Cl)c1C. The molecule has 6 heteroatoms. The number of nitrogens with zero attached hydrogens (tertiary/aromatic N) is 2. The van der Waals surface area contributed by atoms with E-state index in [9.17, 15) is 4.79 Å². The molecular formula is C9H11ClN2O2S. The van der Waals surface area contributed by atoms with Crippen molar-refractivity contribution in [1.82, 2.24) is 9.97 Å². The first-order valence-electron chi connectivity index (χ1n) is 4.25. The minimum absolute atomic E-state index is 0.226. The number of hydrogen-bond acceptors (Lipinski definition) is 5. The Balaban J connectivity index is 2.81. The van der Waals surface area contributed by atoms with Crippen LogP contribution in [0.4, 0.5) is 0 Å². The van der Waals surface area contributed by atoms with E-state index in [0.29, 0.717) is 11.0 Å². The molecule has 1 aromatic rings. The number of carbonyl (C=O) groups is 1. The molecule has 1 rings (SSSR count). The molecule has 0 aliphatic carbocycles. The molecule has 0 atom stereocenters. The smallest absolute Gasteiger partial charge is 0.316 e. The lowest BCUT2D eigenvalue weighted by atomic mass is 10.4. The molecule has 0 aliphatic rings. The summed E-state index contributed by atoms with van der Waals surface area (Å²) in [5.41, 5.74) is 0.788. The van der Waals surface area contributed by atoms with Gasteiger partial charge in [-0.2, -0.15) is 0 Å². The average molecular weight is 247 g/mol. The monoisotopic (exact) mass is 246 g/mol. The van der Waals surface area contributed by atoms with E-state index < -0.39 is 0 Å². The third-order valence-corrected chi connectivity index (χ3v) is 3.13. The van der Waals surface area contributed by atoms with E-state index >= 15 is 0 Å². The van der Waals surface area contributed by atoms with E-state index in [1.54, 1.807) is 6.92 Å². The Bertz CT molecular complexity index is 385. The molecule has 0 aromatic carbocycles. The van der Waals surface area contributed by atoms with Crippen LogP contribution >= 0.6 is 23.4 Å². The van der Waals surface area contributed by atoms with Crippen LogP contribution in [0.1, 0.15) is 11.4 Å². The molecule has 0 aliphatic heterocycles. The summed E-state index contributed by atoms with van der Waals surface area (Å²) >= 11 is 7.19. The normalized spacial score (nSPS) is 10.1. The topological polar surface area (TPSA) is 52.1 Å². The number of halogens is 1. The number of hydrogen-bond donors (Lipinski definition) is 0. The summed E-state index contributed by atoms with van der Waals surface area (Å²) in [6.07, 6.45) is 0. The molecule has 4 nitrogen and oxygen atoms in total. The Morgan fingerprint density at radius 3 is 2.73 bits per heavy atom. The van der Waals surface area contributed by atoms with Gasteiger partial charge < -0.3 is 4.74 Å². The van der Waals surface area contributed by atoms with Gasteiger partial charge in [0.15, 0.2) is 0 Å². The molecule has 0 saturated carbocycles. The van der Waals surface area contributed by atoms with E-state index in [2.05, 4.69) is 14.7 Å². The summed E-state index contributed by atoms with van der Waals surface area (Å²) in [5.74, 6) is 0.536. The first-order valence-corrected chi connectivity index (χ1v) is 5.61. The predicted octanol–water partition coefficient (Wildman–Crippen LogP) is 2.01.